The van der Waals surface area contributed by atoms with Gasteiger partial charge in [-0.3, -0.25) is 4.79 Å². The van der Waals surface area contributed by atoms with E-state index in [9.17, 15) is 14.4 Å². The zero-order valence-corrected chi connectivity index (χ0v) is 9.56. The normalized spacial score (nSPS) is 13.7. The van der Waals surface area contributed by atoms with Crippen molar-refractivity contribution in [2.75, 3.05) is 7.05 Å². The fourth-order valence-corrected chi connectivity index (χ4v) is 1.35. The summed E-state index contributed by atoms with van der Waals surface area (Å²) in [5.41, 5.74) is 4.86. The number of rotatable bonds is 5. The van der Waals surface area contributed by atoms with Gasteiger partial charge in [-0.05, 0) is 13.3 Å². The lowest BCUT2D eigenvalue weighted by molar-refractivity contribution is -0.149. The number of carboxylic acid groups (broad SMARTS) is 1. The molecule has 0 aliphatic carbocycles. The summed E-state index contributed by atoms with van der Waals surface area (Å²) >= 11 is 0. The van der Waals surface area contributed by atoms with E-state index in [0.717, 1.165) is 4.90 Å². The molecular weight excluding hydrogens is 214 g/mol. The molecule has 0 aromatic rings. The van der Waals surface area contributed by atoms with Crippen LogP contribution in [0.25, 0.3) is 0 Å². The lowest BCUT2D eigenvalue weighted by atomic mass is 10.1. The molecule has 0 saturated carbocycles. The maximum absolute atomic E-state index is 11.7. The monoisotopic (exact) mass is 231 g/mol. The van der Waals surface area contributed by atoms with Gasteiger partial charge >= 0.3 is 12.0 Å². The van der Waals surface area contributed by atoms with Crippen molar-refractivity contribution >= 4 is 17.9 Å². The summed E-state index contributed by atoms with van der Waals surface area (Å²) in [6, 6.07) is -2.56. The van der Waals surface area contributed by atoms with Gasteiger partial charge in [-0.15, -0.1) is 0 Å². The van der Waals surface area contributed by atoms with Crippen molar-refractivity contribution in [1.82, 2.24) is 10.2 Å². The van der Waals surface area contributed by atoms with Crippen LogP contribution in [0.15, 0.2) is 0 Å². The zero-order chi connectivity index (χ0) is 12.9. The Balaban J connectivity index is 4.58. The average molecular weight is 231 g/mol. The minimum absolute atomic E-state index is 0.293. The average Bonchev–Trinajstić information content (AvgIpc) is 2.15. The highest BCUT2D eigenvalue weighted by Gasteiger charge is 2.28. The zero-order valence-electron chi connectivity index (χ0n) is 9.56. The number of nitrogens with two attached hydrogens (primary N) is 1. The molecule has 0 bridgehead atoms. The molecule has 0 aromatic carbocycles. The van der Waals surface area contributed by atoms with Crippen molar-refractivity contribution in [2.24, 2.45) is 5.73 Å². The van der Waals surface area contributed by atoms with Crippen LogP contribution in [0.3, 0.4) is 0 Å². The largest absolute Gasteiger partial charge is 0.480 e. The van der Waals surface area contributed by atoms with Crippen LogP contribution in [-0.4, -0.2) is 47.0 Å². The second-order valence-corrected chi connectivity index (χ2v) is 3.44. The number of aliphatic carboxylic acids is 1. The number of primary amides is 1. The Morgan fingerprint density at radius 1 is 1.44 bits per heavy atom. The predicted octanol–water partition coefficient (Wildman–Crippen LogP) is -0.635. The third-order valence-corrected chi connectivity index (χ3v) is 2.22. The third-order valence-electron chi connectivity index (χ3n) is 2.22. The van der Waals surface area contributed by atoms with Gasteiger partial charge in [0.25, 0.3) is 0 Å². The first-order valence-corrected chi connectivity index (χ1v) is 4.86. The highest BCUT2D eigenvalue weighted by atomic mass is 16.4. The van der Waals surface area contributed by atoms with E-state index in [1.807, 2.05) is 0 Å². The van der Waals surface area contributed by atoms with E-state index in [2.05, 4.69) is 5.32 Å². The van der Waals surface area contributed by atoms with E-state index in [-0.39, 0.29) is 0 Å². The minimum Gasteiger partial charge on any atom is -0.480 e. The molecule has 0 heterocycles. The predicted molar refractivity (Wildman–Crippen MR) is 56.7 cm³/mol. The van der Waals surface area contributed by atoms with Gasteiger partial charge in [0.15, 0.2) is 0 Å². The van der Waals surface area contributed by atoms with Gasteiger partial charge in [0.1, 0.15) is 12.1 Å². The molecule has 0 aliphatic heterocycles. The fourth-order valence-electron chi connectivity index (χ4n) is 1.35. The second-order valence-electron chi connectivity index (χ2n) is 3.44. The number of carboxylic acids is 1. The first-order valence-electron chi connectivity index (χ1n) is 4.86. The highest BCUT2D eigenvalue weighted by molar-refractivity contribution is 5.89. The SMILES string of the molecule is CCC(C(=O)O)N(C)C(=O)C(C)NC(N)=O. The second kappa shape index (κ2) is 5.94. The quantitative estimate of drug-likeness (QED) is 0.584. The smallest absolute Gasteiger partial charge is 0.326 e. The molecule has 3 amide bonds. The summed E-state index contributed by atoms with van der Waals surface area (Å²) in [5, 5.41) is 11.0. The molecule has 0 radical (unpaired) electrons. The van der Waals surface area contributed by atoms with Crippen LogP contribution in [0.5, 0.6) is 0 Å². The Morgan fingerprint density at radius 3 is 2.25 bits per heavy atom. The number of hydrogen-bond donors (Lipinski definition) is 3. The number of urea groups is 1. The third kappa shape index (κ3) is 3.76. The Bertz CT molecular complexity index is 292. The Kier molecular flexibility index (Phi) is 5.27. The molecular formula is C9H17N3O4. The summed E-state index contributed by atoms with van der Waals surface area (Å²) in [7, 11) is 1.38. The van der Waals surface area contributed by atoms with Crippen molar-refractivity contribution in [1.29, 1.82) is 0 Å². The molecule has 0 spiro atoms. The van der Waals surface area contributed by atoms with Gasteiger partial charge < -0.3 is 21.1 Å². The van der Waals surface area contributed by atoms with E-state index in [0.29, 0.717) is 6.42 Å². The lowest BCUT2D eigenvalue weighted by Crippen LogP contribution is -2.51. The van der Waals surface area contributed by atoms with Crippen molar-refractivity contribution in [3.8, 4) is 0 Å². The number of nitrogens with one attached hydrogen (secondary N) is 1. The summed E-state index contributed by atoms with van der Waals surface area (Å²) in [4.78, 5) is 34.1. The number of amides is 3. The van der Waals surface area contributed by atoms with Crippen molar-refractivity contribution in [3.05, 3.63) is 0 Å². The molecule has 2 unspecified atom stereocenters. The molecule has 0 aromatic heterocycles. The van der Waals surface area contributed by atoms with Crippen LogP contribution in [0.2, 0.25) is 0 Å². The van der Waals surface area contributed by atoms with Gasteiger partial charge in [-0.1, -0.05) is 6.92 Å². The summed E-state index contributed by atoms with van der Waals surface area (Å²) in [6.07, 6.45) is 0.293. The highest BCUT2D eigenvalue weighted by Crippen LogP contribution is 2.04. The lowest BCUT2D eigenvalue weighted by Gasteiger charge is -2.26. The van der Waals surface area contributed by atoms with Crippen LogP contribution < -0.4 is 11.1 Å². The van der Waals surface area contributed by atoms with E-state index in [1.54, 1.807) is 6.92 Å². The number of likely N-dealkylation sites (N-methyl/N-ethyl adjacent to an activating group) is 1. The van der Waals surface area contributed by atoms with Crippen LogP contribution >= 0.6 is 0 Å². The van der Waals surface area contributed by atoms with Gasteiger partial charge in [-0.25, -0.2) is 9.59 Å². The van der Waals surface area contributed by atoms with E-state index < -0.39 is 30.0 Å². The minimum atomic E-state index is -1.08. The molecule has 92 valence electrons. The molecule has 4 N–H and O–H groups in total. The van der Waals surface area contributed by atoms with Gasteiger partial charge in [0, 0.05) is 7.05 Å². The molecule has 7 heteroatoms. The number of carbonyl (C=O) groups excluding carboxylic acids is 2. The van der Waals surface area contributed by atoms with Crippen molar-refractivity contribution < 1.29 is 19.5 Å². The Hall–Kier alpha value is -1.79. The maximum Gasteiger partial charge on any atom is 0.326 e. The number of hydrogen-bond acceptors (Lipinski definition) is 3. The summed E-state index contributed by atoms with van der Waals surface area (Å²) in [6.45, 7) is 3.10. The van der Waals surface area contributed by atoms with Crippen molar-refractivity contribution in [3.63, 3.8) is 0 Å². The number of nitrogens with zero attached hydrogens (tertiary/aromatic N) is 1. The first kappa shape index (κ1) is 14.2. The van der Waals surface area contributed by atoms with Gasteiger partial charge in [-0.2, -0.15) is 0 Å². The topological polar surface area (TPSA) is 113 Å². The molecule has 0 saturated heterocycles. The van der Waals surface area contributed by atoms with Crippen molar-refractivity contribution in [2.45, 2.75) is 32.4 Å². The van der Waals surface area contributed by atoms with E-state index in [1.165, 1.54) is 14.0 Å². The summed E-state index contributed by atoms with van der Waals surface area (Å²) < 4.78 is 0. The molecule has 16 heavy (non-hydrogen) atoms. The molecule has 0 aliphatic rings. The maximum atomic E-state index is 11.7. The Morgan fingerprint density at radius 2 is 1.94 bits per heavy atom. The van der Waals surface area contributed by atoms with Gasteiger partial charge in [0.2, 0.25) is 5.91 Å². The van der Waals surface area contributed by atoms with Crippen LogP contribution in [-0.2, 0) is 9.59 Å². The van der Waals surface area contributed by atoms with Crippen LogP contribution in [0, 0.1) is 0 Å². The first-order chi connectivity index (χ1) is 7.31. The van der Waals surface area contributed by atoms with Crippen LogP contribution in [0.1, 0.15) is 20.3 Å². The Labute approximate surface area is 93.6 Å². The van der Waals surface area contributed by atoms with E-state index >= 15 is 0 Å². The van der Waals surface area contributed by atoms with Gasteiger partial charge in [0.05, 0.1) is 0 Å². The molecule has 0 fully saturated rings. The molecule has 0 rings (SSSR count). The molecule has 7 nitrogen and oxygen atoms in total. The fraction of sp³-hybridized carbons (Fsp3) is 0.667. The van der Waals surface area contributed by atoms with E-state index in [4.69, 9.17) is 10.8 Å². The summed E-state index contributed by atoms with van der Waals surface area (Å²) in [5.74, 6) is -1.57. The van der Waals surface area contributed by atoms with Crippen LogP contribution in [0.4, 0.5) is 4.79 Å². The standard InChI is InChI=1S/C9H17N3O4/c1-4-6(8(14)15)12(3)7(13)5(2)11-9(10)16/h5-6H,4H2,1-3H3,(H,14,15)(H3,10,11,16). The molecule has 2 atom stereocenters. The number of carbonyl (C=O) groups is 3.